The summed E-state index contributed by atoms with van der Waals surface area (Å²) in [5, 5.41) is 0. The fourth-order valence-electron chi connectivity index (χ4n) is 5.50. The van der Waals surface area contributed by atoms with Gasteiger partial charge in [-0.2, -0.15) is 0 Å². The highest BCUT2D eigenvalue weighted by atomic mass is 16.5. The van der Waals surface area contributed by atoms with Gasteiger partial charge >= 0.3 is 0 Å². The predicted octanol–water partition coefficient (Wildman–Crippen LogP) is 7.33. The molecule has 0 saturated carbocycles. The second kappa shape index (κ2) is 12.4. The van der Waals surface area contributed by atoms with E-state index in [-0.39, 0.29) is 11.8 Å². The molecule has 1 aliphatic rings. The maximum Gasteiger partial charge on any atom is 0.227 e. The van der Waals surface area contributed by atoms with Gasteiger partial charge in [0.2, 0.25) is 5.91 Å². The molecule has 2 heterocycles. The normalized spacial score (nSPS) is 16.1. The molecule has 1 fully saturated rings. The molecule has 3 aromatic carbocycles. The van der Waals surface area contributed by atoms with Crippen LogP contribution in [0.4, 0.5) is 5.69 Å². The zero-order valence-corrected chi connectivity index (χ0v) is 23.3. The van der Waals surface area contributed by atoms with Gasteiger partial charge in [0.1, 0.15) is 17.3 Å². The number of anilines is 1. The van der Waals surface area contributed by atoms with Crippen molar-refractivity contribution >= 4 is 22.6 Å². The molecule has 1 amide bonds. The summed E-state index contributed by atoms with van der Waals surface area (Å²) >= 11 is 0. The lowest BCUT2D eigenvalue weighted by molar-refractivity contribution is -0.117. The molecule has 4 aromatic rings. The number of aromatic nitrogens is 2. The molecule has 204 valence electrons. The number of ether oxygens (including phenoxy) is 2. The van der Waals surface area contributed by atoms with Crippen LogP contribution < -0.4 is 14.4 Å². The summed E-state index contributed by atoms with van der Waals surface area (Å²) in [6.45, 7) is 9.10. The Morgan fingerprint density at radius 3 is 2.49 bits per heavy atom. The summed E-state index contributed by atoms with van der Waals surface area (Å²) in [6.07, 6.45) is 3.45. The molecule has 1 aromatic heterocycles. The number of hydrogen-bond acceptors (Lipinski definition) is 4. The van der Waals surface area contributed by atoms with Gasteiger partial charge in [-0.1, -0.05) is 56.3 Å². The molecule has 39 heavy (non-hydrogen) atoms. The first-order valence-corrected chi connectivity index (χ1v) is 14.3. The maximum absolute atomic E-state index is 13.2. The monoisotopic (exact) mass is 525 g/mol. The van der Waals surface area contributed by atoms with Crippen LogP contribution in [-0.2, 0) is 11.3 Å². The number of nitrogens with zero attached hydrogens (tertiary/aromatic N) is 3. The van der Waals surface area contributed by atoms with Crippen molar-refractivity contribution in [1.82, 2.24) is 9.55 Å². The Bertz CT molecular complexity index is 1410. The average molecular weight is 526 g/mol. The minimum Gasteiger partial charge on any atom is -0.493 e. The highest BCUT2D eigenvalue weighted by Crippen LogP contribution is 2.37. The van der Waals surface area contributed by atoms with Crippen molar-refractivity contribution in [3.05, 3.63) is 84.2 Å². The maximum atomic E-state index is 13.2. The first-order valence-electron chi connectivity index (χ1n) is 14.3. The molecule has 1 aliphatic heterocycles. The van der Waals surface area contributed by atoms with Gasteiger partial charge < -0.3 is 18.9 Å². The van der Waals surface area contributed by atoms with Crippen LogP contribution in [-0.4, -0.2) is 35.2 Å². The smallest absolute Gasteiger partial charge is 0.227 e. The predicted molar refractivity (Wildman–Crippen MR) is 157 cm³/mol. The van der Waals surface area contributed by atoms with Crippen LogP contribution in [0.15, 0.2) is 72.8 Å². The van der Waals surface area contributed by atoms with E-state index < -0.39 is 0 Å². The van der Waals surface area contributed by atoms with Crippen LogP contribution in [0.2, 0.25) is 0 Å². The van der Waals surface area contributed by atoms with Gasteiger partial charge in [-0.15, -0.1) is 0 Å². The number of rotatable bonds is 12. The van der Waals surface area contributed by atoms with Crippen molar-refractivity contribution in [2.24, 2.45) is 0 Å². The van der Waals surface area contributed by atoms with Crippen LogP contribution in [0.5, 0.6) is 11.5 Å². The Morgan fingerprint density at radius 2 is 1.67 bits per heavy atom. The number of para-hydroxylation sites is 5. The molecule has 2 atom stereocenters. The highest BCUT2D eigenvalue weighted by molar-refractivity contribution is 5.97. The van der Waals surface area contributed by atoms with E-state index in [1.807, 2.05) is 48.2 Å². The molecule has 0 aliphatic carbocycles. The lowest BCUT2D eigenvalue weighted by Gasteiger charge is -2.20. The van der Waals surface area contributed by atoms with E-state index in [0.717, 1.165) is 59.9 Å². The van der Waals surface area contributed by atoms with E-state index >= 15 is 0 Å². The molecule has 2 unspecified atom stereocenters. The number of fused-ring (bicyclic) bond motifs is 1. The molecular weight excluding hydrogens is 486 g/mol. The first-order chi connectivity index (χ1) is 19.1. The Hall–Kier alpha value is -3.80. The standard InChI is InChI=1S/C33H39N3O3/c1-4-24(3)26-14-6-10-18-30(26)39-21-13-12-20-35-28-16-8-7-15-27(28)34-33(35)25-22-32(37)36(23-25)29-17-9-11-19-31(29)38-5-2/h6-11,14-19,24-25H,4-5,12-13,20-23H2,1-3H3. The van der Waals surface area contributed by atoms with Gasteiger partial charge in [-0.3, -0.25) is 4.79 Å². The molecule has 5 rings (SSSR count). The number of amides is 1. The minimum atomic E-state index is 0.0261. The van der Waals surface area contributed by atoms with Gasteiger partial charge in [0, 0.05) is 25.4 Å². The summed E-state index contributed by atoms with van der Waals surface area (Å²) in [6, 6.07) is 24.4. The third kappa shape index (κ3) is 5.80. The van der Waals surface area contributed by atoms with Crippen LogP contribution in [0.1, 0.15) is 69.7 Å². The number of imidazole rings is 1. The highest BCUT2D eigenvalue weighted by Gasteiger charge is 2.36. The summed E-state index contributed by atoms with van der Waals surface area (Å²) in [7, 11) is 0. The second-order valence-electron chi connectivity index (χ2n) is 10.3. The van der Waals surface area contributed by atoms with Crippen molar-refractivity contribution in [2.45, 2.75) is 64.8 Å². The van der Waals surface area contributed by atoms with E-state index in [1.165, 1.54) is 5.56 Å². The first kappa shape index (κ1) is 26.8. The van der Waals surface area contributed by atoms with Gasteiger partial charge in [-0.05, 0) is 68.0 Å². The van der Waals surface area contributed by atoms with E-state index in [9.17, 15) is 4.79 Å². The molecular formula is C33H39N3O3. The van der Waals surface area contributed by atoms with Gasteiger partial charge in [-0.25, -0.2) is 4.98 Å². The SMILES string of the molecule is CCOc1ccccc1N1CC(c2nc3ccccc3n2CCCCOc2ccccc2C(C)CC)CC1=O. The van der Waals surface area contributed by atoms with Crippen molar-refractivity contribution in [2.75, 3.05) is 24.7 Å². The van der Waals surface area contributed by atoms with Crippen LogP contribution in [0, 0.1) is 0 Å². The van der Waals surface area contributed by atoms with Crippen molar-refractivity contribution in [1.29, 1.82) is 0 Å². The Balaban J connectivity index is 1.29. The molecule has 0 N–H and O–H groups in total. The number of carbonyl (C=O) groups excluding carboxylic acids is 1. The van der Waals surface area contributed by atoms with E-state index in [0.29, 0.717) is 32.1 Å². The Labute approximate surface area is 231 Å². The molecule has 0 bridgehead atoms. The van der Waals surface area contributed by atoms with E-state index in [1.54, 1.807) is 0 Å². The van der Waals surface area contributed by atoms with Gasteiger partial charge in [0.25, 0.3) is 0 Å². The fraction of sp³-hybridized carbons (Fsp3) is 0.394. The lowest BCUT2D eigenvalue weighted by Crippen LogP contribution is -2.25. The van der Waals surface area contributed by atoms with Crippen molar-refractivity contribution in [3.8, 4) is 11.5 Å². The molecule has 0 spiro atoms. The molecule has 0 radical (unpaired) electrons. The number of carbonyl (C=O) groups is 1. The number of benzene rings is 3. The zero-order chi connectivity index (χ0) is 27.2. The summed E-state index contributed by atoms with van der Waals surface area (Å²) in [5.41, 5.74) is 4.22. The van der Waals surface area contributed by atoms with E-state index in [2.05, 4.69) is 54.8 Å². The number of aryl methyl sites for hydroxylation is 1. The Morgan fingerprint density at radius 1 is 0.923 bits per heavy atom. The van der Waals surface area contributed by atoms with Gasteiger partial charge in [0.15, 0.2) is 0 Å². The zero-order valence-electron chi connectivity index (χ0n) is 23.3. The molecule has 6 heteroatoms. The van der Waals surface area contributed by atoms with E-state index in [4.69, 9.17) is 14.5 Å². The number of unbranched alkanes of at least 4 members (excludes halogenated alkanes) is 1. The molecule has 6 nitrogen and oxygen atoms in total. The third-order valence-electron chi connectivity index (χ3n) is 7.73. The summed E-state index contributed by atoms with van der Waals surface area (Å²) < 4.78 is 14.4. The average Bonchev–Trinajstić information content (AvgIpc) is 3.53. The van der Waals surface area contributed by atoms with Gasteiger partial charge in [0.05, 0.1) is 29.9 Å². The van der Waals surface area contributed by atoms with Crippen molar-refractivity contribution < 1.29 is 14.3 Å². The summed E-state index contributed by atoms with van der Waals surface area (Å²) in [4.78, 5) is 20.1. The summed E-state index contributed by atoms with van der Waals surface area (Å²) in [5.74, 6) is 3.35. The largest absolute Gasteiger partial charge is 0.493 e. The fourth-order valence-corrected chi connectivity index (χ4v) is 5.50. The molecule has 1 saturated heterocycles. The van der Waals surface area contributed by atoms with Crippen LogP contribution in [0.3, 0.4) is 0 Å². The minimum absolute atomic E-state index is 0.0261. The number of hydrogen-bond donors (Lipinski definition) is 0. The second-order valence-corrected chi connectivity index (χ2v) is 10.3. The van der Waals surface area contributed by atoms with Crippen molar-refractivity contribution in [3.63, 3.8) is 0 Å². The lowest BCUT2D eigenvalue weighted by atomic mass is 9.98. The quantitative estimate of drug-likeness (QED) is 0.182. The topological polar surface area (TPSA) is 56.6 Å². The third-order valence-corrected chi connectivity index (χ3v) is 7.73. The van der Waals surface area contributed by atoms with Crippen LogP contribution in [0.25, 0.3) is 11.0 Å². The Kier molecular flexibility index (Phi) is 8.50. The van der Waals surface area contributed by atoms with Crippen LogP contribution >= 0.6 is 0 Å².